The molecule has 2 N–H and O–H groups in total. The third kappa shape index (κ3) is 3.91. The number of ether oxygens (including phenoxy) is 2. The largest absolute Gasteiger partial charge is 0.468 e. The Morgan fingerprint density at radius 1 is 1.19 bits per heavy atom. The molecule has 138 valence electrons. The summed E-state index contributed by atoms with van der Waals surface area (Å²) in [7, 11) is 0. The monoisotopic (exact) mass is 375 g/mol. The summed E-state index contributed by atoms with van der Waals surface area (Å²) in [5.74, 6) is 4.40. The molecule has 26 heavy (non-hydrogen) atoms. The molecule has 0 bridgehead atoms. The highest BCUT2D eigenvalue weighted by atomic mass is 32.2. The Labute approximate surface area is 156 Å². The standard InChI is InChI=1S/C18H21N3O4S/c22-18(20-13-3-4-16-17(10-13)25-12-24-16)19-11-14(15-2-1-7-23-15)21-5-8-26-9-6-21/h1-4,7,10,14H,5-6,8-9,11-12H2,(H2,19,20,22). The number of carbonyl (C=O) groups excluding carboxylic acids is 1. The maximum atomic E-state index is 12.3. The Morgan fingerprint density at radius 3 is 2.85 bits per heavy atom. The summed E-state index contributed by atoms with van der Waals surface area (Å²) in [4.78, 5) is 14.7. The molecule has 2 amide bonds. The molecule has 0 spiro atoms. The van der Waals surface area contributed by atoms with Crippen LogP contribution < -0.4 is 20.1 Å². The molecule has 2 aromatic rings. The van der Waals surface area contributed by atoms with Gasteiger partial charge in [0.2, 0.25) is 6.79 Å². The molecule has 4 rings (SSSR count). The van der Waals surface area contributed by atoms with Crippen molar-refractivity contribution in [2.75, 3.05) is 43.2 Å². The topological polar surface area (TPSA) is 76.0 Å². The molecule has 2 aliphatic rings. The molecule has 8 heteroatoms. The number of benzene rings is 1. The summed E-state index contributed by atoms with van der Waals surface area (Å²) in [6, 6.07) is 8.96. The van der Waals surface area contributed by atoms with Crippen LogP contribution in [0.15, 0.2) is 41.0 Å². The summed E-state index contributed by atoms with van der Waals surface area (Å²) in [6.07, 6.45) is 1.67. The normalized spacial score (nSPS) is 17.7. The Morgan fingerprint density at radius 2 is 2.04 bits per heavy atom. The second-order valence-corrected chi connectivity index (χ2v) is 7.31. The highest BCUT2D eigenvalue weighted by Gasteiger charge is 2.25. The lowest BCUT2D eigenvalue weighted by Crippen LogP contribution is -2.42. The molecule has 0 saturated carbocycles. The second-order valence-electron chi connectivity index (χ2n) is 6.08. The minimum atomic E-state index is -0.258. The van der Waals surface area contributed by atoms with Crippen molar-refractivity contribution in [3.05, 3.63) is 42.4 Å². The summed E-state index contributed by atoms with van der Waals surface area (Å²) in [5.41, 5.74) is 0.663. The van der Waals surface area contributed by atoms with Crippen molar-refractivity contribution in [1.29, 1.82) is 0 Å². The van der Waals surface area contributed by atoms with E-state index in [1.54, 1.807) is 24.5 Å². The summed E-state index contributed by atoms with van der Waals surface area (Å²) >= 11 is 1.96. The van der Waals surface area contributed by atoms with Crippen molar-refractivity contribution in [3.8, 4) is 11.5 Å². The third-order valence-electron chi connectivity index (χ3n) is 4.44. The lowest BCUT2D eigenvalue weighted by Gasteiger charge is -2.33. The van der Waals surface area contributed by atoms with Gasteiger partial charge in [-0.3, -0.25) is 4.90 Å². The first-order chi connectivity index (χ1) is 12.8. The van der Waals surface area contributed by atoms with Gasteiger partial charge in [0.25, 0.3) is 0 Å². The number of fused-ring (bicyclic) bond motifs is 1. The van der Waals surface area contributed by atoms with Gasteiger partial charge in [0.15, 0.2) is 11.5 Å². The van der Waals surface area contributed by atoms with E-state index in [1.807, 2.05) is 23.9 Å². The molecule has 1 aromatic carbocycles. The first-order valence-electron chi connectivity index (χ1n) is 8.59. The molecule has 1 atom stereocenters. The molecule has 2 aliphatic heterocycles. The van der Waals surface area contributed by atoms with E-state index in [0.29, 0.717) is 23.7 Å². The van der Waals surface area contributed by atoms with Crippen molar-refractivity contribution in [3.63, 3.8) is 0 Å². The fourth-order valence-corrected chi connectivity index (χ4v) is 4.05. The first kappa shape index (κ1) is 17.1. The number of nitrogens with zero attached hydrogens (tertiary/aromatic N) is 1. The van der Waals surface area contributed by atoms with Gasteiger partial charge in [0, 0.05) is 42.9 Å². The Bertz CT molecular complexity index is 747. The molecule has 1 aromatic heterocycles. The van der Waals surface area contributed by atoms with Crippen molar-refractivity contribution in [2.24, 2.45) is 0 Å². The van der Waals surface area contributed by atoms with Crippen LogP contribution >= 0.6 is 11.8 Å². The molecule has 7 nitrogen and oxygen atoms in total. The fraction of sp³-hybridized carbons (Fsp3) is 0.389. The van der Waals surface area contributed by atoms with E-state index in [9.17, 15) is 4.79 Å². The lowest BCUT2D eigenvalue weighted by molar-refractivity contribution is 0.174. The van der Waals surface area contributed by atoms with E-state index in [1.165, 1.54) is 0 Å². The van der Waals surface area contributed by atoms with Crippen LogP contribution in [0, 0.1) is 0 Å². The van der Waals surface area contributed by atoms with Crippen LogP contribution in [0.1, 0.15) is 11.8 Å². The summed E-state index contributed by atoms with van der Waals surface area (Å²) < 4.78 is 16.2. The Balaban J connectivity index is 1.36. The number of nitrogens with one attached hydrogen (secondary N) is 2. The number of urea groups is 1. The van der Waals surface area contributed by atoms with Gasteiger partial charge in [0.1, 0.15) is 5.76 Å². The smallest absolute Gasteiger partial charge is 0.319 e. The minimum Gasteiger partial charge on any atom is -0.468 e. The lowest BCUT2D eigenvalue weighted by atomic mass is 10.2. The molecular weight excluding hydrogens is 354 g/mol. The van der Waals surface area contributed by atoms with Crippen molar-refractivity contribution in [1.82, 2.24) is 10.2 Å². The van der Waals surface area contributed by atoms with Crippen molar-refractivity contribution in [2.45, 2.75) is 6.04 Å². The zero-order valence-corrected chi connectivity index (χ0v) is 15.1. The number of amides is 2. The average molecular weight is 375 g/mol. The number of carbonyl (C=O) groups is 1. The van der Waals surface area contributed by atoms with E-state index in [2.05, 4.69) is 15.5 Å². The van der Waals surface area contributed by atoms with Crippen molar-refractivity contribution < 1.29 is 18.7 Å². The van der Waals surface area contributed by atoms with Gasteiger partial charge in [-0.25, -0.2) is 4.79 Å². The van der Waals surface area contributed by atoms with E-state index in [4.69, 9.17) is 13.9 Å². The summed E-state index contributed by atoms with van der Waals surface area (Å²) in [6.45, 7) is 2.67. The number of thioether (sulfide) groups is 1. The average Bonchev–Trinajstić information content (AvgIpc) is 3.34. The summed E-state index contributed by atoms with van der Waals surface area (Å²) in [5, 5.41) is 5.79. The Kier molecular flexibility index (Phi) is 5.21. The SMILES string of the molecule is O=C(NCC(c1ccco1)N1CCSCC1)Nc1ccc2c(c1)OCO2. The van der Waals surface area contributed by atoms with Gasteiger partial charge in [-0.05, 0) is 24.3 Å². The van der Waals surface area contributed by atoms with Gasteiger partial charge in [0.05, 0.1) is 12.3 Å². The fourth-order valence-electron chi connectivity index (χ4n) is 3.12. The number of furan rings is 1. The van der Waals surface area contributed by atoms with Crippen LogP contribution in [-0.4, -0.2) is 48.9 Å². The van der Waals surface area contributed by atoms with Gasteiger partial charge >= 0.3 is 6.03 Å². The third-order valence-corrected chi connectivity index (χ3v) is 5.39. The molecule has 3 heterocycles. The minimum absolute atomic E-state index is 0.0356. The van der Waals surface area contributed by atoms with Crippen LogP contribution in [0.4, 0.5) is 10.5 Å². The highest BCUT2D eigenvalue weighted by Crippen LogP contribution is 2.34. The predicted molar refractivity (Wildman–Crippen MR) is 99.9 cm³/mol. The molecule has 0 radical (unpaired) electrons. The van der Waals surface area contributed by atoms with Crippen LogP contribution in [0.5, 0.6) is 11.5 Å². The number of rotatable bonds is 5. The molecular formula is C18H21N3O4S. The van der Waals surface area contributed by atoms with E-state index >= 15 is 0 Å². The first-order valence-corrected chi connectivity index (χ1v) is 9.75. The van der Waals surface area contributed by atoms with E-state index < -0.39 is 0 Å². The maximum absolute atomic E-state index is 12.3. The highest BCUT2D eigenvalue weighted by molar-refractivity contribution is 7.99. The molecule has 1 unspecified atom stereocenters. The number of hydrogen-bond donors (Lipinski definition) is 2. The van der Waals surface area contributed by atoms with E-state index in [0.717, 1.165) is 30.4 Å². The van der Waals surface area contributed by atoms with E-state index in [-0.39, 0.29) is 18.9 Å². The van der Waals surface area contributed by atoms with Gasteiger partial charge < -0.3 is 24.5 Å². The van der Waals surface area contributed by atoms with Crippen LogP contribution in [0.2, 0.25) is 0 Å². The molecule has 0 aliphatic carbocycles. The van der Waals surface area contributed by atoms with Crippen LogP contribution in [0.25, 0.3) is 0 Å². The van der Waals surface area contributed by atoms with Gasteiger partial charge in [-0.2, -0.15) is 11.8 Å². The van der Waals surface area contributed by atoms with Crippen LogP contribution in [-0.2, 0) is 0 Å². The van der Waals surface area contributed by atoms with Gasteiger partial charge in [-0.15, -0.1) is 0 Å². The van der Waals surface area contributed by atoms with Crippen LogP contribution in [0.3, 0.4) is 0 Å². The van der Waals surface area contributed by atoms with Crippen molar-refractivity contribution >= 4 is 23.5 Å². The number of hydrogen-bond acceptors (Lipinski definition) is 6. The second kappa shape index (κ2) is 7.92. The molecule has 1 fully saturated rings. The zero-order chi connectivity index (χ0) is 17.8. The van der Waals surface area contributed by atoms with Gasteiger partial charge in [-0.1, -0.05) is 0 Å². The predicted octanol–water partition coefficient (Wildman–Crippen LogP) is 2.92. The zero-order valence-electron chi connectivity index (χ0n) is 14.3. The molecule has 1 saturated heterocycles. The quantitative estimate of drug-likeness (QED) is 0.837. The Hall–Kier alpha value is -2.32. The maximum Gasteiger partial charge on any atom is 0.319 e. The number of anilines is 1.